The number of carbonyl (C=O) groups excluding carboxylic acids is 5. The number of amides is 4. The number of guanidine groups is 1. The molecule has 0 heterocycles. The largest absolute Gasteiger partial charge is 0.368 e. The molecule has 0 saturated carbocycles. The van der Waals surface area contributed by atoms with Crippen molar-refractivity contribution in [3.8, 4) is 0 Å². The highest BCUT2D eigenvalue weighted by atomic mass is 16.2. The van der Waals surface area contributed by atoms with Crippen molar-refractivity contribution in [1.82, 2.24) is 16.0 Å². The van der Waals surface area contributed by atoms with Crippen LogP contribution in [0, 0.1) is 0 Å². The molecule has 248 valence electrons. The molecule has 3 aromatic carbocycles. The Balaban J connectivity index is 1.75. The minimum Gasteiger partial charge on any atom is -0.368 e. The molecule has 3 aromatic rings. The summed E-state index contributed by atoms with van der Waals surface area (Å²) in [5, 5.41) is 8.09. The van der Waals surface area contributed by atoms with Gasteiger partial charge in [0.1, 0.15) is 23.8 Å². The molecule has 0 spiro atoms. The fourth-order valence-corrected chi connectivity index (χ4v) is 4.89. The predicted octanol–water partition coefficient (Wildman–Crippen LogP) is -1.94. The minimum absolute atomic E-state index is 0.0689. The van der Waals surface area contributed by atoms with Crippen molar-refractivity contribution >= 4 is 41.1 Å². The second-order valence-electron chi connectivity index (χ2n) is 11.3. The summed E-state index contributed by atoms with van der Waals surface area (Å²) in [6, 6.07) is 19.7. The fourth-order valence-electron chi connectivity index (χ4n) is 4.89. The zero-order valence-corrected chi connectivity index (χ0v) is 26.5. The Morgan fingerprint density at radius 3 is 1.79 bits per heavy atom. The summed E-state index contributed by atoms with van der Waals surface area (Å²) >= 11 is 0. The highest BCUT2D eigenvalue weighted by Crippen LogP contribution is 2.13. The van der Waals surface area contributed by atoms with Crippen molar-refractivity contribution in [2.24, 2.45) is 17.2 Å². The maximum Gasteiger partial charge on any atom is 0.338 e. The first-order valence-corrected chi connectivity index (χ1v) is 15.3. The Bertz CT molecular complexity index is 1560. The molecule has 0 radical (unpaired) electrons. The molecule has 0 aliphatic carbocycles. The minimum atomic E-state index is -1.05. The summed E-state index contributed by atoms with van der Waals surface area (Å²) in [6.07, 6.45) is 1.54. The number of carbonyl (C=O) groups is 5. The molecule has 0 unspecified atom stereocenters. The second kappa shape index (κ2) is 17.8. The molecule has 47 heavy (non-hydrogen) atoms. The van der Waals surface area contributed by atoms with E-state index in [2.05, 4.69) is 26.7 Å². The van der Waals surface area contributed by atoms with Gasteiger partial charge in [0.25, 0.3) is 0 Å². The Morgan fingerprint density at radius 2 is 1.21 bits per heavy atom. The normalized spacial score (nSPS) is 12.6. The van der Waals surface area contributed by atoms with Gasteiger partial charge in [0.05, 0.1) is 6.54 Å². The lowest BCUT2D eigenvalue weighted by Crippen LogP contribution is -2.78. The zero-order valence-electron chi connectivity index (χ0n) is 26.5. The van der Waals surface area contributed by atoms with Crippen LogP contribution in [0.4, 0.5) is 5.69 Å². The van der Waals surface area contributed by atoms with Gasteiger partial charge in [0.2, 0.25) is 23.6 Å². The number of benzene rings is 3. The van der Waals surface area contributed by atoms with Crippen LogP contribution in [-0.4, -0.2) is 60.0 Å². The van der Waals surface area contributed by atoms with Crippen LogP contribution in [0.2, 0.25) is 0 Å². The molecule has 3 rings (SSSR count). The van der Waals surface area contributed by atoms with E-state index in [0.717, 1.165) is 11.3 Å². The van der Waals surface area contributed by atoms with Gasteiger partial charge in [-0.2, -0.15) is 0 Å². The number of nitrogens with one attached hydrogen (secondary N) is 4. The summed E-state index contributed by atoms with van der Waals surface area (Å²) < 4.78 is 0. The van der Waals surface area contributed by atoms with E-state index in [4.69, 9.17) is 17.2 Å². The smallest absolute Gasteiger partial charge is 0.338 e. The molecule has 13 nitrogen and oxygen atoms in total. The topological polar surface area (TPSA) is 241 Å². The lowest BCUT2D eigenvalue weighted by molar-refractivity contribution is -0.459. The molecule has 3 atom stereocenters. The maximum absolute atomic E-state index is 13.6. The lowest BCUT2D eigenvalue weighted by Gasteiger charge is -2.25. The Labute approximate surface area is 273 Å². The Kier molecular flexibility index (Phi) is 13.6. The summed E-state index contributed by atoms with van der Waals surface area (Å²) in [7, 11) is 0. The van der Waals surface area contributed by atoms with E-state index in [0.29, 0.717) is 36.1 Å². The van der Waals surface area contributed by atoms with E-state index in [1.807, 2.05) is 6.07 Å². The fraction of sp³-hybridized carbons (Fsp3) is 0.294. The summed E-state index contributed by atoms with van der Waals surface area (Å²) in [5.74, 6) is -2.43. The van der Waals surface area contributed by atoms with Crippen molar-refractivity contribution in [3.63, 3.8) is 0 Å². The number of quaternary nitrogens is 1. The number of unbranched alkanes of at least 4 members (excludes halogenated alkanes) is 1. The van der Waals surface area contributed by atoms with Crippen LogP contribution >= 0.6 is 0 Å². The van der Waals surface area contributed by atoms with Crippen molar-refractivity contribution in [2.45, 2.75) is 57.2 Å². The van der Waals surface area contributed by atoms with Gasteiger partial charge in [-0.15, -0.1) is 0 Å². The van der Waals surface area contributed by atoms with E-state index in [-0.39, 0.29) is 31.0 Å². The first kappa shape index (κ1) is 35.9. The molecule has 0 aliphatic rings. The van der Waals surface area contributed by atoms with Gasteiger partial charge in [-0.25, -0.2) is 0 Å². The van der Waals surface area contributed by atoms with Crippen molar-refractivity contribution in [2.75, 3.05) is 6.54 Å². The summed E-state index contributed by atoms with van der Waals surface area (Å²) in [4.78, 5) is 67.1. The Morgan fingerprint density at radius 1 is 0.681 bits per heavy atom. The van der Waals surface area contributed by atoms with Gasteiger partial charge in [-0.05, 0) is 42.5 Å². The van der Waals surface area contributed by atoms with Gasteiger partial charge in [0.15, 0.2) is 5.78 Å². The van der Waals surface area contributed by atoms with Gasteiger partial charge in [0, 0.05) is 30.9 Å². The molecular formula is C34H44N8O5+2. The number of rotatable bonds is 17. The molecule has 0 aromatic heterocycles. The molecular weight excluding hydrogens is 600 g/mol. The Hall–Kier alpha value is -5.56. The molecule has 13 N–H and O–H groups in total. The van der Waals surface area contributed by atoms with Gasteiger partial charge in [-0.1, -0.05) is 66.7 Å². The van der Waals surface area contributed by atoms with E-state index in [9.17, 15) is 24.0 Å². The molecule has 4 amide bonds. The van der Waals surface area contributed by atoms with E-state index in [1.165, 1.54) is 6.92 Å². The van der Waals surface area contributed by atoms with Gasteiger partial charge in [-0.3, -0.25) is 40.4 Å². The molecule has 13 heteroatoms. The van der Waals surface area contributed by atoms with Crippen LogP contribution in [-0.2, 0) is 32.0 Å². The standard InChI is InChI=1S/C34H42N8O5/c1-21(43)40-29(20-22-10-14-25(15-11-22)30(44)24-7-3-2-4-8-24)33(47)41-27(9-5-6-18-39-34(37)38)32(46)42-28(31(36)45)19-23-12-16-26(35)17-13-23/h2-4,7-8,10-17,27-29H,5-6,9,18-20,35H2,1H3,(H2,36,45)(H,40,43)(H,41,47)(H,42,46)(H4,37,38,39)/p+2/t27-,28-,29-/m0/s1. The van der Waals surface area contributed by atoms with Gasteiger partial charge >= 0.3 is 5.96 Å². The first-order valence-electron chi connectivity index (χ1n) is 15.3. The van der Waals surface area contributed by atoms with E-state index < -0.39 is 41.8 Å². The maximum atomic E-state index is 13.6. The number of primary amides is 1. The van der Waals surface area contributed by atoms with Crippen LogP contribution in [0.25, 0.3) is 0 Å². The number of nitrogens with two attached hydrogens (primary N) is 3. The third-order valence-corrected chi connectivity index (χ3v) is 7.39. The van der Waals surface area contributed by atoms with Crippen LogP contribution < -0.4 is 43.9 Å². The van der Waals surface area contributed by atoms with Crippen molar-refractivity contribution in [1.29, 1.82) is 0 Å². The van der Waals surface area contributed by atoms with Crippen molar-refractivity contribution < 1.29 is 34.7 Å². The first-order chi connectivity index (χ1) is 22.4. The monoisotopic (exact) mass is 644 g/mol. The van der Waals surface area contributed by atoms with Crippen LogP contribution in [0.3, 0.4) is 0 Å². The highest BCUT2D eigenvalue weighted by Gasteiger charge is 2.29. The van der Waals surface area contributed by atoms with Gasteiger partial charge < -0.3 is 27.4 Å². The molecule has 0 fully saturated rings. The van der Waals surface area contributed by atoms with E-state index in [1.54, 1.807) is 72.8 Å². The number of hydrogen-bond donors (Lipinski definition) is 8. The predicted molar refractivity (Wildman–Crippen MR) is 176 cm³/mol. The summed E-state index contributed by atoms with van der Waals surface area (Å²) in [6.45, 7) is 1.74. The van der Waals surface area contributed by atoms with E-state index >= 15 is 0 Å². The third-order valence-electron chi connectivity index (χ3n) is 7.39. The SMILES string of the molecule is CC(=O)N[C@@H](Cc1ccc(C(=O)c2ccccc2)cc1)C(=O)N[C@@H](CCCC[NH+]=C(N)N)C(=O)N[C@@H](Cc1ccc([NH3+])cc1)C(N)=O. The van der Waals surface area contributed by atoms with Crippen molar-refractivity contribution in [3.05, 3.63) is 101 Å². The number of ketones is 1. The lowest BCUT2D eigenvalue weighted by atomic mass is 9.99. The average Bonchev–Trinajstić information content (AvgIpc) is 3.04. The van der Waals surface area contributed by atoms with Crippen LogP contribution in [0.5, 0.6) is 0 Å². The molecule has 0 bridgehead atoms. The summed E-state index contributed by atoms with van der Waals surface area (Å²) in [5.41, 5.74) is 23.7. The second-order valence-corrected chi connectivity index (χ2v) is 11.3. The highest BCUT2D eigenvalue weighted by molar-refractivity contribution is 6.09. The third kappa shape index (κ3) is 12.0. The van der Waals surface area contributed by atoms with Crippen LogP contribution in [0.1, 0.15) is 53.2 Å². The average molecular weight is 645 g/mol. The quantitative estimate of drug-likeness (QED) is 0.0357. The van der Waals surface area contributed by atoms with Crippen LogP contribution in [0.15, 0.2) is 78.9 Å². The molecule has 0 aliphatic heterocycles. The number of hydrogen-bond acceptors (Lipinski definition) is 5. The zero-order chi connectivity index (χ0) is 34.3. The molecule has 0 saturated heterocycles.